The number of carboxylic acid groups (broad SMARTS) is 1. The number of carbonyl (C=O) groups excluding carboxylic acids is 1. The lowest BCUT2D eigenvalue weighted by Gasteiger charge is -2.27. The Hall–Kier alpha value is -1.58. The summed E-state index contributed by atoms with van der Waals surface area (Å²) < 4.78 is 39.9. The first-order valence-corrected chi connectivity index (χ1v) is 7.80. The fourth-order valence-electron chi connectivity index (χ4n) is 2.79. The number of carboxylic acids is 1. The first-order chi connectivity index (χ1) is 10.7. The van der Waals surface area contributed by atoms with Crippen molar-refractivity contribution in [1.82, 2.24) is 15.1 Å². The van der Waals surface area contributed by atoms with Crippen LogP contribution in [0.3, 0.4) is 0 Å². The Morgan fingerprint density at radius 1 is 1.39 bits per heavy atom. The summed E-state index contributed by atoms with van der Waals surface area (Å²) in [7, 11) is 0. The van der Waals surface area contributed by atoms with Crippen molar-refractivity contribution in [1.29, 1.82) is 0 Å². The average molecular weight is 396 g/mol. The van der Waals surface area contributed by atoms with Crippen molar-refractivity contribution in [2.24, 2.45) is 5.41 Å². The molecule has 0 radical (unpaired) electrons. The molecule has 2 fully saturated rings. The third kappa shape index (κ3) is 2.52. The van der Waals surface area contributed by atoms with E-state index in [1.165, 1.54) is 0 Å². The van der Waals surface area contributed by atoms with Gasteiger partial charge in [0, 0.05) is 19.0 Å². The lowest BCUT2D eigenvalue weighted by Crippen LogP contribution is -2.47. The summed E-state index contributed by atoms with van der Waals surface area (Å²) in [6.45, 7) is -1.18. The maximum Gasteiger partial charge on any atom is 0.406 e. The van der Waals surface area contributed by atoms with Gasteiger partial charge < -0.3 is 10.0 Å². The summed E-state index contributed by atoms with van der Waals surface area (Å²) in [5.74, 6) is -2.38. The first kappa shape index (κ1) is 16.3. The number of hydrogen-bond donors (Lipinski definition) is 2. The molecule has 10 heteroatoms. The van der Waals surface area contributed by atoms with E-state index in [9.17, 15) is 22.8 Å². The van der Waals surface area contributed by atoms with Gasteiger partial charge in [-0.2, -0.15) is 18.3 Å². The number of aromatic nitrogens is 2. The summed E-state index contributed by atoms with van der Waals surface area (Å²) in [6, 6.07) is 0. The molecular weight excluding hydrogens is 383 g/mol. The number of halogens is 4. The van der Waals surface area contributed by atoms with Crippen LogP contribution in [0, 0.1) is 5.41 Å². The highest BCUT2D eigenvalue weighted by molar-refractivity contribution is 9.10. The molecule has 1 aliphatic carbocycles. The zero-order valence-corrected chi connectivity index (χ0v) is 13.4. The minimum atomic E-state index is -4.92. The van der Waals surface area contributed by atoms with Crippen LogP contribution >= 0.6 is 15.9 Å². The van der Waals surface area contributed by atoms with E-state index in [1.807, 2.05) is 0 Å². The van der Waals surface area contributed by atoms with Gasteiger partial charge in [-0.3, -0.25) is 14.7 Å². The van der Waals surface area contributed by atoms with E-state index >= 15 is 0 Å². The average Bonchev–Trinajstić information content (AvgIpc) is 3.05. The Labute approximate surface area is 137 Å². The largest absolute Gasteiger partial charge is 0.481 e. The number of H-pyrrole nitrogens is 1. The number of hydrogen-bond acceptors (Lipinski definition) is 3. The maximum atomic E-state index is 13.2. The van der Waals surface area contributed by atoms with Crippen LogP contribution in [0.2, 0.25) is 0 Å². The molecule has 1 unspecified atom stereocenters. The molecule has 0 bridgehead atoms. The highest BCUT2D eigenvalue weighted by Crippen LogP contribution is 2.47. The van der Waals surface area contributed by atoms with Crippen molar-refractivity contribution in [2.45, 2.75) is 31.4 Å². The van der Waals surface area contributed by atoms with Crippen molar-refractivity contribution in [2.75, 3.05) is 13.1 Å². The number of likely N-dealkylation sites (tertiary alicyclic amines) is 1. The van der Waals surface area contributed by atoms with E-state index in [0.717, 1.165) is 23.4 Å². The van der Waals surface area contributed by atoms with Gasteiger partial charge >= 0.3 is 12.1 Å². The van der Waals surface area contributed by atoms with Gasteiger partial charge in [-0.05, 0) is 35.2 Å². The molecule has 1 atom stereocenters. The Bertz CT molecular complexity index is 671. The van der Waals surface area contributed by atoms with Crippen LogP contribution in [0.15, 0.2) is 4.47 Å². The number of nitrogens with one attached hydrogen (secondary N) is 1. The van der Waals surface area contributed by atoms with Gasteiger partial charge in [0.1, 0.15) is 0 Å². The molecule has 0 aromatic carbocycles. The minimum Gasteiger partial charge on any atom is -0.481 e. The lowest BCUT2D eigenvalue weighted by molar-refractivity contribution is -0.227. The third-order valence-corrected chi connectivity index (χ3v) is 5.23. The summed E-state index contributed by atoms with van der Waals surface area (Å²) >= 11 is 3.26. The number of aliphatic carboxylic acids is 1. The van der Waals surface area contributed by atoms with E-state index in [-0.39, 0.29) is 18.2 Å². The zero-order valence-electron chi connectivity index (χ0n) is 11.8. The van der Waals surface area contributed by atoms with Crippen LogP contribution in [0.25, 0.3) is 0 Å². The van der Waals surface area contributed by atoms with Crippen molar-refractivity contribution in [3.63, 3.8) is 0 Å². The van der Waals surface area contributed by atoms with Crippen molar-refractivity contribution < 1.29 is 27.9 Å². The van der Waals surface area contributed by atoms with Crippen molar-refractivity contribution in [3.05, 3.63) is 15.9 Å². The first-order valence-electron chi connectivity index (χ1n) is 7.00. The molecule has 6 nitrogen and oxygen atoms in total. The molecule has 1 saturated carbocycles. The molecule has 2 aliphatic rings. The predicted molar refractivity (Wildman–Crippen MR) is 74.9 cm³/mol. The van der Waals surface area contributed by atoms with E-state index in [0.29, 0.717) is 4.47 Å². The fraction of sp³-hybridized carbons (Fsp3) is 0.615. The standard InChI is InChI=1S/C13H13BrF3N3O3/c14-7-8(6-1-2-6)18-19-9(7)10(21)20-4-3-12(5-20,11(22)23)13(15,16)17/h6H,1-5H2,(H,18,19)(H,22,23). The Morgan fingerprint density at radius 2 is 2.04 bits per heavy atom. The zero-order chi connectivity index (χ0) is 17.0. The molecule has 23 heavy (non-hydrogen) atoms. The molecule has 2 N–H and O–H groups in total. The smallest absolute Gasteiger partial charge is 0.406 e. The van der Waals surface area contributed by atoms with Crippen LogP contribution < -0.4 is 0 Å². The van der Waals surface area contributed by atoms with Gasteiger partial charge in [-0.15, -0.1) is 0 Å². The highest BCUT2D eigenvalue weighted by atomic mass is 79.9. The number of nitrogens with zero attached hydrogens (tertiary/aromatic N) is 2. The Kier molecular flexibility index (Phi) is 3.69. The van der Waals surface area contributed by atoms with Crippen LogP contribution in [0.4, 0.5) is 13.2 Å². The molecule has 2 heterocycles. The molecule has 3 rings (SSSR count). The van der Waals surface area contributed by atoms with E-state index in [1.54, 1.807) is 0 Å². The van der Waals surface area contributed by atoms with Crippen LogP contribution in [-0.4, -0.2) is 51.3 Å². The van der Waals surface area contributed by atoms with Crippen LogP contribution in [0.5, 0.6) is 0 Å². The number of amides is 1. The van der Waals surface area contributed by atoms with Gasteiger partial charge in [0.25, 0.3) is 5.91 Å². The monoisotopic (exact) mass is 395 g/mol. The summed E-state index contributed by atoms with van der Waals surface area (Å²) in [4.78, 5) is 24.5. The van der Waals surface area contributed by atoms with E-state index in [2.05, 4.69) is 26.1 Å². The minimum absolute atomic E-state index is 0.00439. The predicted octanol–water partition coefficient (Wildman–Crippen LogP) is 2.53. The SMILES string of the molecule is O=C(c1n[nH]c(C2CC2)c1Br)N1CCC(C(=O)O)(C(F)(F)F)C1. The molecule has 1 saturated heterocycles. The van der Waals surface area contributed by atoms with Crippen molar-refractivity contribution in [3.8, 4) is 0 Å². The fourth-order valence-corrected chi connectivity index (χ4v) is 3.46. The van der Waals surface area contributed by atoms with Gasteiger partial charge in [0.15, 0.2) is 11.1 Å². The number of alkyl halides is 3. The second-order valence-electron chi connectivity index (χ2n) is 5.94. The molecule has 1 amide bonds. The Morgan fingerprint density at radius 3 is 2.52 bits per heavy atom. The van der Waals surface area contributed by atoms with Crippen LogP contribution in [0.1, 0.15) is 41.4 Å². The Balaban J connectivity index is 1.83. The third-order valence-electron chi connectivity index (χ3n) is 4.43. The number of aromatic amines is 1. The van der Waals surface area contributed by atoms with E-state index < -0.39 is 36.4 Å². The lowest BCUT2D eigenvalue weighted by atomic mass is 9.86. The van der Waals surface area contributed by atoms with Crippen LogP contribution in [-0.2, 0) is 4.79 Å². The number of rotatable bonds is 3. The van der Waals surface area contributed by atoms with Gasteiger partial charge in [-0.25, -0.2) is 0 Å². The normalized spacial score (nSPS) is 25.0. The molecular formula is C13H13BrF3N3O3. The van der Waals surface area contributed by atoms with Crippen molar-refractivity contribution >= 4 is 27.8 Å². The molecule has 1 aromatic heterocycles. The van der Waals surface area contributed by atoms with Gasteiger partial charge in [-0.1, -0.05) is 0 Å². The molecule has 126 valence electrons. The summed E-state index contributed by atoms with van der Waals surface area (Å²) in [5, 5.41) is 15.6. The van der Waals surface area contributed by atoms with E-state index in [4.69, 9.17) is 5.11 Å². The number of carbonyl (C=O) groups is 2. The van der Waals surface area contributed by atoms with Gasteiger partial charge in [0.05, 0.1) is 10.2 Å². The topological polar surface area (TPSA) is 86.3 Å². The molecule has 0 spiro atoms. The quantitative estimate of drug-likeness (QED) is 0.823. The highest BCUT2D eigenvalue weighted by Gasteiger charge is 2.64. The summed E-state index contributed by atoms with van der Waals surface area (Å²) in [6.07, 6.45) is -3.65. The molecule has 1 aliphatic heterocycles. The second-order valence-corrected chi connectivity index (χ2v) is 6.73. The maximum absolute atomic E-state index is 13.2. The molecule has 1 aromatic rings. The van der Waals surface area contributed by atoms with Gasteiger partial charge in [0.2, 0.25) is 0 Å². The second kappa shape index (κ2) is 5.22. The summed E-state index contributed by atoms with van der Waals surface area (Å²) in [5.41, 5.74) is -2.16.